The highest BCUT2D eigenvalue weighted by Crippen LogP contribution is 2.31. The molecule has 5 nitrogen and oxygen atoms in total. The van der Waals surface area contributed by atoms with Gasteiger partial charge in [0.05, 0.1) is 22.4 Å². The summed E-state index contributed by atoms with van der Waals surface area (Å²) in [4.78, 5) is 17.3. The van der Waals surface area contributed by atoms with Crippen LogP contribution in [0.25, 0.3) is 21.2 Å². The summed E-state index contributed by atoms with van der Waals surface area (Å²) < 4.78 is 25.5. The first-order valence-corrected chi connectivity index (χ1v) is 9.90. The Morgan fingerprint density at radius 2 is 2.14 bits per heavy atom. The van der Waals surface area contributed by atoms with Crippen LogP contribution in [0, 0.1) is 12.7 Å². The van der Waals surface area contributed by atoms with Crippen molar-refractivity contribution in [3.8, 4) is 5.75 Å². The number of hydrogen-bond acceptors (Lipinski definition) is 5. The van der Waals surface area contributed by atoms with Crippen molar-refractivity contribution >= 4 is 43.6 Å². The molecule has 144 valence electrons. The number of aryl methyl sites for hydroxylation is 1. The Kier molecular flexibility index (Phi) is 5.00. The van der Waals surface area contributed by atoms with Gasteiger partial charge in [0.1, 0.15) is 22.9 Å². The molecule has 0 saturated carbocycles. The largest absolute Gasteiger partial charge is 0.494 e. The molecule has 2 aromatic carbocycles. The van der Waals surface area contributed by atoms with Crippen LogP contribution in [0.4, 0.5) is 9.52 Å². The average molecular weight is 398 g/mol. The van der Waals surface area contributed by atoms with Crippen LogP contribution in [0.5, 0.6) is 5.75 Å². The molecule has 28 heavy (non-hydrogen) atoms. The molecule has 0 unspecified atom stereocenters. The number of carbonyl (C=O) groups is 1. The van der Waals surface area contributed by atoms with Gasteiger partial charge in [-0.05, 0) is 49.7 Å². The number of carbonyl (C=O) groups excluding carboxylic acids is 1. The number of halogens is 1. The number of fused-ring (bicyclic) bond motifs is 2. The van der Waals surface area contributed by atoms with E-state index < -0.39 is 0 Å². The van der Waals surface area contributed by atoms with Gasteiger partial charge in [-0.3, -0.25) is 10.1 Å². The van der Waals surface area contributed by atoms with Gasteiger partial charge in [-0.2, -0.15) is 0 Å². The SMILES string of the molecule is CCCCOc1ccc2oc(C)c(C(=O)Nc3nc4ccc(F)cc4s3)c2c1. The lowest BCUT2D eigenvalue weighted by atomic mass is 10.1. The molecule has 4 aromatic rings. The zero-order valence-electron chi connectivity index (χ0n) is 15.5. The highest BCUT2D eigenvalue weighted by atomic mass is 32.1. The average Bonchev–Trinajstić information content (AvgIpc) is 3.20. The normalized spacial score (nSPS) is 11.2. The smallest absolute Gasteiger partial charge is 0.261 e. The summed E-state index contributed by atoms with van der Waals surface area (Å²) in [6.07, 6.45) is 2.01. The summed E-state index contributed by atoms with van der Waals surface area (Å²) in [6, 6.07) is 9.81. The zero-order chi connectivity index (χ0) is 19.7. The molecular formula is C21H19FN2O3S. The van der Waals surface area contributed by atoms with Gasteiger partial charge in [-0.25, -0.2) is 9.37 Å². The third-order valence-electron chi connectivity index (χ3n) is 4.40. The summed E-state index contributed by atoms with van der Waals surface area (Å²) >= 11 is 1.23. The molecule has 0 spiro atoms. The maximum Gasteiger partial charge on any atom is 0.261 e. The molecule has 4 rings (SSSR count). The predicted molar refractivity (Wildman–Crippen MR) is 109 cm³/mol. The van der Waals surface area contributed by atoms with Crippen LogP contribution in [-0.2, 0) is 0 Å². The Bertz CT molecular complexity index is 1170. The maximum absolute atomic E-state index is 13.4. The first kappa shape index (κ1) is 18.4. The lowest BCUT2D eigenvalue weighted by Crippen LogP contribution is -2.12. The number of nitrogens with zero attached hydrogens (tertiary/aromatic N) is 1. The number of anilines is 1. The monoisotopic (exact) mass is 398 g/mol. The Hall–Kier alpha value is -2.93. The minimum atomic E-state index is -0.332. The van der Waals surface area contributed by atoms with Gasteiger partial charge in [0, 0.05) is 5.39 Å². The fourth-order valence-electron chi connectivity index (χ4n) is 3.02. The predicted octanol–water partition coefficient (Wildman–Crippen LogP) is 5.92. The molecule has 0 bridgehead atoms. The van der Waals surface area contributed by atoms with Crippen molar-refractivity contribution in [2.45, 2.75) is 26.7 Å². The lowest BCUT2D eigenvalue weighted by Gasteiger charge is -2.05. The molecule has 0 radical (unpaired) electrons. The second kappa shape index (κ2) is 7.59. The van der Waals surface area contributed by atoms with Crippen LogP contribution < -0.4 is 10.1 Å². The van der Waals surface area contributed by atoms with Crippen LogP contribution in [-0.4, -0.2) is 17.5 Å². The van der Waals surface area contributed by atoms with Gasteiger partial charge < -0.3 is 9.15 Å². The number of thiazole rings is 1. The lowest BCUT2D eigenvalue weighted by molar-refractivity contribution is 0.102. The molecule has 1 amide bonds. The Balaban J connectivity index is 1.63. The minimum absolute atomic E-state index is 0.318. The van der Waals surface area contributed by atoms with Crippen LogP contribution in [0.3, 0.4) is 0 Å². The minimum Gasteiger partial charge on any atom is -0.494 e. The summed E-state index contributed by atoms with van der Waals surface area (Å²) in [6.45, 7) is 4.48. The fraction of sp³-hybridized carbons (Fsp3) is 0.238. The second-order valence-corrected chi connectivity index (χ2v) is 7.51. The molecule has 7 heteroatoms. The van der Waals surface area contributed by atoms with Crippen molar-refractivity contribution in [1.29, 1.82) is 0 Å². The first-order chi connectivity index (χ1) is 13.5. The molecule has 0 aliphatic rings. The molecule has 0 atom stereocenters. The summed E-state index contributed by atoms with van der Waals surface area (Å²) in [7, 11) is 0. The summed E-state index contributed by atoms with van der Waals surface area (Å²) in [5.74, 6) is 0.569. The van der Waals surface area contributed by atoms with E-state index in [0.717, 1.165) is 12.8 Å². The van der Waals surface area contributed by atoms with Gasteiger partial charge in [0.15, 0.2) is 5.13 Å². The van der Waals surface area contributed by atoms with E-state index in [-0.39, 0.29) is 11.7 Å². The topological polar surface area (TPSA) is 64.4 Å². The van der Waals surface area contributed by atoms with E-state index in [1.165, 1.54) is 23.5 Å². The fourth-order valence-corrected chi connectivity index (χ4v) is 3.90. The van der Waals surface area contributed by atoms with Crippen LogP contribution in [0.1, 0.15) is 35.9 Å². The van der Waals surface area contributed by atoms with Crippen molar-refractivity contribution in [3.05, 3.63) is 53.5 Å². The number of benzene rings is 2. The summed E-state index contributed by atoms with van der Waals surface area (Å²) in [5, 5.41) is 3.91. The van der Waals surface area contributed by atoms with E-state index >= 15 is 0 Å². The second-order valence-electron chi connectivity index (χ2n) is 6.48. The quantitative estimate of drug-likeness (QED) is 0.409. The first-order valence-electron chi connectivity index (χ1n) is 9.08. The number of aromatic nitrogens is 1. The van der Waals surface area contributed by atoms with E-state index in [2.05, 4.69) is 17.2 Å². The Morgan fingerprint density at radius 1 is 1.29 bits per heavy atom. The van der Waals surface area contributed by atoms with E-state index in [4.69, 9.17) is 9.15 Å². The van der Waals surface area contributed by atoms with E-state index in [1.54, 1.807) is 19.1 Å². The number of unbranched alkanes of at least 4 members (excludes halogenated alkanes) is 1. The number of rotatable bonds is 6. The van der Waals surface area contributed by atoms with E-state index in [9.17, 15) is 9.18 Å². The molecule has 0 fully saturated rings. The molecule has 2 aromatic heterocycles. The third kappa shape index (κ3) is 3.57. The molecule has 2 heterocycles. The van der Waals surface area contributed by atoms with Gasteiger partial charge in [-0.1, -0.05) is 24.7 Å². The number of nitrogens with one attached hydrogen (secondary N) is 1. The van der Waals surface area contributed by atoms with Crippen molar-refractivity contribution in [2.24, 2.45) is 0 Å². The number of hydrogen-bond donors (Lipinski definition) is 1. The van der Waals surface area contributed by atoms with E-state index in [1.807, 2.05) is 12.1 Å². The van der Waals surface area contributed by atoms with Crippen LogP contribution >= 0.6 is 11.3 Å². The highest BCUT2D eigenvalue weighted by Gasteiger charge is 2.20. The van der Waals surface area contributed by atoms with Gasteiger partial charge >= 0.3 is 0 Å². The Labute approximate surface area is 165 Å². The van der Waals surface area contributed by atoms with Crippen molar-refractivity contribution in [1.82, 2.24) is 4.98 Å². The molecule has 1 N–H and O–H groups in total. The van der Waals surface area contributed by atoms with E-state index in [0.29, 0.717) is 50.0 Å². The van der Waals surface area contributed by atoms with Gasteiger partial charge in [0.25, 0.3) is 5.91 Å². The molecular weight excluding hydrogens is 379 g/mol. The number of furan rings is 1. The molecule has 0 aliphatic carbocycles. The Morgan fingerprint density at radius 3 is 2.96 bits per heavy atom. The molecule has 0 saturated heterocycles. The summed E-state index contributed by atoms with van der Waals surface area (Å²) in [5.41, 5.74) is 1.71. The van der Waals surface area contributed by atoms with Crippen LogP contribution in [0.2, 0.25) is 0 Å². The number of amides is 1. The standard InChI is InChI=1S/C21H19FN2O3S/c1-3-4-9-26-14-6-8-17-15(11-14)19(12(2)27-17)20(25)24-21-23-16-7-5-13(22)10-18(16)28-21/h5-8,10-11H,3-4,9H2,1-2H3,(H,23,24,25). The maximum atomic E-state index is 13.4. The van der Waals surface area contributed by atoms with Crippen molar-refractivity contribution < 1.29 is 18.3 Å². The number of ether oxygens (including phenoxy) is 1. The van der Waals surface area contributed by atoms with Gasteiger partial charge in [0.2, 0.25) is 0 Å². The third-order valence-corrected chi connectivity index (χ3v) is 5.33. The van der Waals surface area contributed by atoms with Crippen molar-refractivity contribution in [2.75, 3.05) is 11.9 Å². The molecule has 0 aliphatic heterocycles. The van der Waals surface area contributed by atoms with Crippen molar-refractivity contribution in [3.63, 3.8) is 0 Å². The highest BCUT2D eigenvalue weighted by molar-refractivity contribution is 7.22. The van der Waals surface area contributed by atoms with Gasteiger partial charge in [-0.15, -0.1) is 0 Å². The zero-order valence-corrected chi connectivity index (χ0v) is 16.4. The van der Waals surface area contributed by atoms with Crippen LogP contribution in [0.15, 0.2) is 40.8 Å².